The topological polar surface area (TPSA) is 95.5 Å². The predicted octanol–water partition coefficient (Wildman–Crippen LogP) is 1.81. The number of alkyl halides is 3. The summed E-state index contributed by atoms with van der Waals surface area (Å²) >= 11 is 0. The molecule has 0 unspecified atom stereocenters. The standard InChI is InChI=1S/C9H11F3N2O4SSi/c1-5-3-6(2)20(4-7(5)13-8(15)16)14-19(17,18)9(10,11)12/h3-4,13-14H,1-2H3,(H,15,16). The van der Waals surface area contributed by atoms with Gasteiger partial charge in [-0.3, -0.25) is 5.32 Å². The average Bonchev–Trinajstić information content (AvgIpc) is 2.22. The van der Waals surface area contributed by atoms with Crippen LogP contribution >= 0.6 is 0 Å². The number of sulfonamides is 1. The van der Waals surface area contributed by atoms with Gasteiger partial charge in [-0.25, -0.2) is 4.79 Å². The van der Waals surface area contributed by atoms with Crippen LogP contribution in [0.25, 0.3) is 0 Å². The van der Waals surface area contributed by atoms with Crippen LogP contribution in [0.3, 0.4) is 0 Å². The van der Waals surface area contributed by atoms with Gasteiger partial charge in [0.15, 0.2) is 8.56 Å². The van der Waals surface area contributed by atoms with Crippen LogP contribution in [0.2, 0.25) is 0 Å². The largest absolute Gasteiger partial charge is 0.515 e. The number of nitrogens with one attached hydrogen (secondary N) is 2. The molecule has 0 aliphatic heterocycles. The van der Waals surface area contributed by atoms with E-state index in [-0.39, 0.29) is 5.69 Å². The van der Waals surface area contributed by atoms with Gasteiger partial charge in [-0.15, -0.1) is 0 Å². The summed E-state index contributed by atoms with van der Waals surface area (Å²) in [5.41, 5.74) is -3.67. The van der Waals surface area contributed by atoms with Crippen LogP contribution in [0.1, 0.15) is 10.7 Å². The molecule has 1 aromatic rings. The lowest BCUT2D eigenvalue weighted by Gasteiger charge is -2.14. The number of amides is 1. The molecule has 0 fully saturated rings. The van der Waals surface area contributed by atoms with E-state index in [4.69, 9.17) is 5.11 Å². The second kappa shape index (κ2) is 5.40. The fraction of sp³-hybridized carbons (Fsp3) is 0.333. The van der Waals surface area contributed by atoms with Crippen LogP contribution in [-0.2, 0) is 10.0 Å². The van der Waals surface area contributed by atoms with Crippen LogP contribution < -0.4 is 9.70 Å². The Morgan fingerprint density at radius 3 is 2.35 bits per heavy atom. The van der Waals surface area contributed by atoms with E-state index >= 15 is 0 Å². The zero-order valence-corrected chi connectivity index (χ0v) is 12.2. The van der Waals surface area contributed by atoms with Crippen molar-refractivity contribution in [3.63, 3.8) is 0 Å². The molecule has 1 aromatic heterocycles. The van der Waals surface area contributed by atoms with Crippen LogP contribution in [0.15, 0.2) is 11.7 Å². The maximum Gasteiger partial charge on any atom is 0.515 e. The van der Waals surface area contributed by atoms with E-state index in [1.54, 1.807) is 11.3 Å². The molecule has 0 radical (unpaired) electrons. The SMILES string of the molecule is Cc1cc(C)[si](NS(=O)(=O)C(F)(F)F)cc1NC(=O)O. The van der Waals surface area contributed by atoms with Gasteiger partial charge in [-0.1, -0.05) is 6.07 Å². The Balaban J connectivity index is 3.23. The molecule has 0 aromatic carbocycles. The number of halogens is 3. The van der Waals surface area contributed by atoms with Gasteiger partial charge in [0.05, 0.1) is 0 Å². The smallest absolute Gasteiger partial charge is 0.465 e. The van der Waals surface area contributed by atoms with Crippen molar-refractivity contribution in [2.45, 2.75) is 19.4 Å². The van der Waals surface area contributed by atoms with E-state index in [1.807, 2.05) is 5.32 Å². The van der Waals surface area contributed by atoms with Gasteiger partial charge >= 0.3 is 21.6 Å². The number of hydrogen-bond acceptors (Lipinski definition) is 3. The monoisotopic (exact) mass is 328 g/mol. The molecule has 20 heavy (non-hydrogen) atoms. The molecule has 0 aliphatic rings. The molecule has 1 amide bonds. The van der Waals surface area contributed by atoms with Gasteiger partial charge in [0.25, 0.3) is 0 Å². The zero-order valence-electron chi connectivity index (χ0n) is 10.4. The minimum atomic E-state index is -5.47. The highest BCUT2D eigenvalue weighted by Gasteiger charge is 2.46. The van der Waals surface area contributed by atoms with E-state index in [0.29, 0.717) is 10.7 Å². The summed E-state index contributed by atoms with van der Waals surface area (Å²) in [5.74, 6) is 0. The molecule has 112 valence electrons. The van der Waals surface area contributed by atoms with E-state index in [2.05, 4.69) is 0 Å². The lowest BCUT2D eigenvalue weighted by atomic mass is 10.2. The lowest BCUT2D eigenvalue weighted by Crippen LogP contribution is -2.36. The number of aryl methyl sites for hydroxylation is 2. The highest BCUT2D eigenvalue weighted by molar-refractivity contribution is 7.94. The minimum absolute atomic E-state index is 0.0712. The van der Waals surface area contributed by atoms with Crippen molar-refractivity contribution < 1.29 is 31.5 Å². The first-order valence-electron chi connectivity index (χ1n) is 5.14. The minimum Gasteiger partial charge on any atom is -0.465 e. The summed E-state index contributed by atoms with van der Waals surface area (Å²) in [7, 11) is -7.87. The van der Waals surface area contributed by atoms with Crippen LogP contribution in [-0.4, -0.2) is 33.7 Å². The molecule has 0 saturated heterocycles. The Hall–Kier alpha value is -1.62. The average molecular weight is 328 g/mol. The van der Waals surface area contributed by atoms with Crippen molar-refractivity contribution in [1.29, 1.82) is 0 Å². The number of rotatable bonds is 3. The summed E-state index contributed by atoms with van der Waals surface area (Å²) in [6, 6.07) is 1.44. The molecule has 3 N–H and O–H groups in total. The van der Waals surface area contributed by atoms with Crippen LogP contribution in [0, 0.1) is 13.8 Å². The number of hydrogen-bond donors (Lipinski definition) is 3. The van der Waals surface area contributed by atoms with Crippen molar-refractivity contribution >= 4 is 30.4 Å². The third-order valence-corrected chi connectivity index (χ3v) is 6.50. The molecule has 6 nitrogen and oxygen atoms in total. The predicted molar refractivity (Wildman–Crippen MR) is 67.8 cm³/mol. The first kappa shape index (κ1) is 16.4. The second-order valence-electron chi connectivity index (χ2n) is 3.96. The summed E-state index contributed by atoms with van der Waals surface area (Å²) in [4.78, 5) is 10.6. The van der Waals surface area contributed by atoms with E-state index in [9.17, 15) is 26.4 Å². The van der Waals surface area contributed by atoms with E-state index < -0.39 is 30.2 Å². The third kappa shape index (κ3) is 3.69. The highest BCUT2D eigenvalue weighted by Crippen LogP contribution is 2.23. The van der Waals surface area contributed by atoms with Crippen molar-refractivity contribution in [3.8, 4) is 0 Å². The summed E-state index contributed by atoms with van der Waals surface area (Å²) < 4.78 is 60.6. The van der Waals surface area contributed by atoms with Crippen LogP contribution in [0.5, 0.6) is 0 Å². The van der Waals surface area contributed by atoms with Gasteiger partial charge in [0.2, 0.25) is 0 Å². The molecule has 0 atom stereocenters. The molecular weight excluding hydrogens is 317 g/mol. The molecular formula is C9H11F3N2O4SSi. The molecule has 11 heteroatoms. The molecule has 1 heterocycles. The maximum atomic E-state index is 12.3. The molecule has 0 aliphatic carbocycles. The first-order chi connectivity index (χ1) is 8.94. The Morgan fingerprint density at radius 2 is 1.90 bits per heavy atom. The summed E-state index contributed by atoms with van der Waals surface area (Å²) in [6.07, 6.45) is -1.39. The summed E-state index contributed by atoms with van der Waals surface area (Å²) in [6.45, 7) is 3.03. The van der Waals surface area contributed by atoms with E-state index in [0.717, 1.165) is 0 Å². The Morgan fingerprint density at radius 1 is 1.35 bits per heavy atom. The van der Waals surface area contributed by atoms with Crippen LogP contribution in [0.4, 0.5) is 23.7 Å². The Kier molecular flexibility index (Phi) is 4.44. The lowest BCUT2D eigenvalue weighted by molar-refractivity contribution is -0.0428. The Bertz CT molecular complexity index is 645. The second-order valence-corrected chi connectivity index (χ2v) is 8.15. The summed E-state index contributed by atoms with van der Waals surface area (Å²) in [5, 5.41) is 11.0. The number of carboxylic acid groups (broad SMARTS) is 1. The maximum absolute atomic E-state index is 12.3. The molecule has 0 saturated carbocycles. The zero-order chi connectivity index (χ0) is 15.7. The first-order valence-corrected chi connectivity index (χ1v) is 8.20. The van der Waals surface area contributed by atoms with Gasteiger partial charge in [0.1, 0.15) is 0 Å². The van der Waals surface area contributed by atoms with Gasteiger partial charge in [0, 0.05) is 5.69 Å². The van der Waals surface area contributed by atoms with Crippen molar-refractivity contribution in [2.24, 2.45) is 0 Å². The fourth-order valence-electron chi connectivity index (χ4n) is 1.41. The quantitative estimate of drug-likeness (QED) is 0.738. The molecule has 0 bridgehead atoms. The number of carbonyl (C=O) groups is 1. The molecule has 1 rings (SSSR count). The van der Waals surface area contributed by atoms with Gasteiger partial charge < -0.3 is 9.49 Å². The van der Waals surface area contributed by atoms with Crippen molar-refractivity contribution in [3.05, 3.63) is 22.5 Å². The normalized spacial score (nSPS) is 12.1. The third-order valence-electron chi connectivity index (χ3n) is 2.36. The highest BCUT2D eigenvalue weighted by atomic mass is 32.2. The van der Waals surface area contributed by atoms with Crippen molar-refractivity contribution in [1.82, 2.24) is 0 Å². The molecule has 0 spiro atoms. The van der Waals surface area contributed by atoms with Crippen molar-refractivity contribution in [2.75, 3.05) is 9.70 Å². The van der Waals surface area contributed by atoms with Gasteiger partial charge in [-0.05, 0) is 30.3 Å². The fourth-order valence-corrected chi connectivity index (χ4v) is 5.10. The Labute approximate surface area is 114 Å². The number of anilines is 1. The van der Waals surface area contributed by atoms with E-state index in [1.165, 1.54) is 18.7 Å². The van der Waals surface area contributed by atoms with Gasteiger partial charge in [-0.2, -0.15) is 21.6 Å².